The summed E-state index contributed by atoms with van der Waals surface area (Å²) >= 11 is 0. The van der Waals surface area contributed by atoms with Crippen LogP contribution in [0.1, 0.15) is 38.2 Å². The summed E-state index contributed by atoms with van der Waals surface area (Å²) < 4.78 is 0. The normalized spacial score (nSPS) is 26.1. The van der Waals surface area contributed by atoms with Crippen LogP contribution in [0.25, 0.3) is 0 Å². The third-order valence-electron chi connectivity index (χ3n) is 5.17. The lowest BCUT2D eigenvalue weighted by Crippen LogP contribution is -2.56. The molecule has 1 aromatic carbocycles. The zero-order valence-electron chi connectivity index (χ0n) is 15.7. The quantitative estimate of drug-likeness (QED) is 0.618. The van der Waals surface area contributed by atoms with E-state index in [9.17, 15) is 14.4 Å². The number of piperazine rings is 1. The van der Waals surface area contributed by atoms with Crippen LogP contribution >= 0.6 is 17.0 Å². The molecule has 148 valence electrons. The van der Waals surface area contributed by atoms with E-state index < -0.39 is 0 Å². The van der Waals surface area contributed by atoms with Crippen LogP contribution in [-0.2, 0) is 14.4 Å². The molecule has 2 fully saturated rings. The Bertz CT molecular complexity index is 685. The molecule has 0 saturated carbocycles. The monoisotopic (exact) mass is 438 g/mol. The number of rotatable bonds is 4. The van der Waals surface area contributed by atoms with Gasteiger partial charge in [-0.05, 0) is 38.0 Å². The molecule has 7 nitrogen and oxygen atoms in total. The highest BCUT2D eigenvalue weighted by Gasteiger charge is 2.28. The molecule has 2 saturated heterocycles. The lowest BCUT2D eigenvalue weighted by molar-refractivity contribution is -0.134. The third kappa shape index (κ3) is 5.37. The minimum Gasteiger partial charge on any atom is -0.325 e. The van der Waals surface area contributed by atoms with Gasteiger partial charge in [-0.15, -0.1) is 17.0 Å². The van der Waals surface area contributed by atoms with Crippen LogP contribution in [-0.4, -0.2) is 54.3 Å². The van der Waals surface area contributed by atoms with Gasteiger partial charge >= 0.3 is 0 Å². The Balaban J connectivity index is 0.00000261. The van der Waals surface area contributed by atoms with E-state index in [0.717, 1.165) is 18.7 Å². The predicted octanol–water partition coefficient (Wildman–Crippen LogP) is 1.41. The van der Waals surface area contributed by atoms with Crippen molar-refractivity contribution >= 4 is 40.4 Å². The number of halogens is 1. The first-order valence-electron chi connectivity index (χ1n) is 9.14. The molecule has 2 aliphatic heterocycles. The fourth-order valence-corrected chi connectivity index (χ4v) is 3.66. The first-order chi connectivity index (χ1) is 12.4. The summed E-state index contributed by atoms with van der Waals surface area (Å²) in [6.45, 7) is 6.37. The molecule has 3 amide bonds. The average Bonchev–Trinajstić information content (AvgIpc) is 2.59. The highest BCUT2D eigenvalue weighted by atomic mass is 79.9. The first-order valence-corrected chi connectivity index (χ1v) is 9.14. The van der Waals surface area contributed by atoms with Gasteiger partial charge in [-0.1, -0.05) is 12.1 Å². The van der Waals surface area contributed by atoms with Gasteiger partial charge in [-0.25, -0.2) is 0 Å². The first kappa shape index (κ1) is 21.5. The Morgan fingerprint density at radius 3 is 2.37 bits per heavy atom. The summed E-state index contributed by atoms with van der Waals surface area (Å²) in [6.07, 6.45) is 0.880. The summed E-state index contributed by atoms with van der Waals surface area (Å²) in [4.78, 5) is 37.8. The van der Waals surface area contributed by atoms with Crippen LogP contribution < -0.4 is 16.0 Å². The Labute approximate surface area is 170 Å². The van der Waals surface area contributed by atoms with Crippen LogP contribution in [0, 0.1) is 0 Å². The standard InChI is InChI=1S/C19H26N4O3.BrH/c1-12-9-20-10-13(2)23(12)11-18(25)21-15-5-3-14(4-6-15)16-7-8-17(24)22-19(16)26;/h3-6,12-13,16,20H,7-11H2,1-2H3,(H,21,25)(H,22,24,26);1H/t12-,13+,16?;. The molecule has 8 heteroatoms. The minimum absolute atomic E-state index is 0. The highest BCUT2D eigenvalue weighted by molar-refractivity contribution is 8.93. The second-order valence-corrected chi connectivity index (χ2v) is 7.20. The van der Waals surface area contributed by atoms with E-state index in [0.29, 0.717) is 37.2 Å². The summed E-state index contributed by atoms with van der Waals surface area (Å²) in [5.41, 5.74) is 1.57. The van der Waals surface area contributed by atoms with E-state index in [1.807, 2.05) is 24.3 Å². The van der Waals surface area contributed by atoms with Gasteiger partial charge in [0.1, 0.15) is 0 Å². The maximum absolute atomic E-state index is 12.4. The molecule has 1 aromatic rings. The van der Waals surface area contributed by atoms with E-state index in [1.54, 1.807) is 0 Å². The Kier molecular flexibility index (Phi) is 7.52. The van der Waals surface area contributed by atoms with E-state index in [1.165, 1.54) is 0 Å². The number of hydrogen-bond donors (Lipinski definition) is 3. The van der Waals surface area contributed by atoms with Crippen molar-refractivity contribution in [2.24, 2.45) is 0 Å². The molecule has 3 atom stereocenters. The summed E-state index contributed by atoms with van der Waals surface area (Å²) in [5, 5.41) is 8.65. The van der Waals surface area contributed by atoms with Crippen LogP contribution in [0.5, 0.6) is 0 Å². The third-order valence-corrected chi connectivity index (χ3v) is 5.17. The Hall–Kier alpha value is -1.77. The number of nitrogens with zero attached hydrogens (tertiary/aromatic N) is 1. The Morgan fingerprint density at radius 1 is 1.15 bits per heavy atom. The zero-order chi connectivity index (χ0) is 18.7. The van der Waals surface area contributed by atoms with Crippen molar-refractivity contribution in [2.75, 3.05) is 25.0 Å². The molecular formula is C19H27BrN4O3. The largest absolute Gasteiger partial charge is 0.325 e. The summed E-state index contributed by atoms with van der Waals surface area (Å²) in [6, 6.07) is 7.93. The van der Waals surface area contributed by atoms with Crippen LogP contribution in [0.15, 0.2) is 24.3 Å². The van der Waals surface area contributed by atoms with Gasteiger partial charge < -0.3 is 10.6 Å². The molecular weight excluding hydrogens is 412 g/mol. The molecule has 27 heavy (non-hydrogen) atoms. The molecule has 2 heterocycles. The molecule has 1 unspecified atom stereocenters. The summed E-state index contributed by atoms with van der Waals surface area (Å²) in [5.74, 6) is -0.814. The molecule has 0 aliphatic carbocycles. The topological polar surface area (TPSA) is 90.5 Å². The molecule has 0 radical (unpaired) electrons. The van der Waals surface area contributed by atoms with Gasteiger partial charge in [0, 0.05) is 37.3 Å². The lowest BCUT2D eigenvalue weighted by atomic mass is 9.90. The number of benzene rings is 1. The minimum atomic E-state index is -0.306. The molecule has 0 spiro atoms. The average molecular weight is 439 g/mol. The van der Waals surface area contributed by atoms with Gasteiger partial charge in [-0.3, -0.25) is 24.6 Å². The van der Waals surface area contributed by atoms with Crippen molar-refractivity contribution in [1.29, 1.82) is 0 Å². The lowest BCUT2D eigenvalue weighted by Gasteiger charge is -2.38. The molecule has 3 rings (SSSR count). The highest BCUT2D eigenvalue weighted by Crippen LogP contribution is 2.25. The zero-order valence-corrected chi connectivity index (χ0v) is 17.4. The second kappa shape index (κ2) is 9.43. The van der Waals surface area contributed by atoms with E-state index in [2.05, 4.69) is 34.7 Å². The number of amides is 3. The van der Waals surface area contributed by atoms with Crippen molar-refractivity contribution in [3.8, 4) is 0 Å². The number of carbonyl (C=O) groups excluding carboxylic acids is 3. The van der Waals surface area contributed by atoms with Gasteiger partial charge in [-0.2, -0.15) is 0 Å². The van der Waals surface area contributed by atoms with Crippen molar-refractivity contribution in [3.63, 3.8) is 0 Å². The van der Waals surface area contributed by atoms with Crippen molar-refractivity contribution in [1.82, 2.24) is 15.5 Å². The molecule has 3 N–H and O–H groups in total. The molecule has 2 aliphatic rings. The molecule has 0 bridgehead atoms. The number of nitrogens with one attached hydrogen (secondary N) is 3. The smallest absolute Gasteiger partial charge is 0.238 e. The SMILES string of the molecule is Br.C[C@@H]1CNC[C@H](C)N1CC(=O)Nc1ccc(C2CCC(=O)NC2=O)cc1. The van der Waals surface area contributed by atoms with Gasteiger partial charge in [0.15, 0.2) is 0 Å². The van der Waals surface area contributed by atoms with Crippen molar-refractivity contribution in [2.45, 2.75) is 44.7 Å². The van der Waals surface area contributed by atoms with Gasteiger partial charge in [0.2, 0.25) is 17.7 Å². The number of hydrogen-bond acceptors (Lipinski definition) is 5. The van der Waals surface area contributed by atoms with Crippen LogP contribution in [0.3, 0.4) is 0 Å². The van der Waals surface area contributed by atoms with E-state index in [-0.39, 0.29) is 40.6 Å². The Morgan fingerprint density at radius 2 is 1.78 bits per heavy atom. The van der Waals surface area contributed by atoms with Crippen LogP contribution in [0.2, 0.25) is 0 Å². The number of piperidine rings is 1. The number of carbonyl (C=O) groups is 3. The van der Waals surface area contributed by atoms with Crippen molar-refractivity contribution in [3.05, 3.63) is 29.8 Å². The summed E-state index contributed by atoms with van der Waals surface area (Å²) in [7, 11) is 0. The van der Waals surface area contributed by atoms with Gasteiger partial charge in [0.25, 0.3) is 0 Å². The van der Waals surface area contributed by atoms with Gasteiger partial charge in [0.05, 0.1) is 12.5 Å². The second-order valence-electron chi connectivity index (χ2n) is 7.20. The van der Waals surface area contributed by atoms with E-state index in [4.69, 9.17) is 0 Å². The van der Waals surface area contributed by atoms with E-state index >= 15 is 0 Å². The fourth-order valence-electron chi connectivity index (χ4n) is 3.66. The number of anilines is 1. The van der Waals surface area contributed by atoms with Crippen LogP contribution in [0.4, 0.5) is 5.69 Å². The maximum Gasteiger partial charge on any atom is 0.238 e. The fraction of sp³-hybridized carbons (Fsp3) is 0.526. The van der Waals surface area contributed by atoms with Crippen molar-refractivity contribution < 1.29 is 14.4 Å². The maximum atomic E-state index is 12.4. The predicted molar refractivity (Wildman–Crippen MR) is 109 cm³/mol. The molecule has 0 aromatic heterocycles. The number of imide groups is 1.